The highest BCUT2D eigenvalue weighted by Gasteiger charge is 2.09. The summed E-state index contributed by atoms with van der Waals surface area (Å²) >= 11 is 6.95. The van der Waals surface area contributed by atoms with Gasteiger partial charge in [0.1, 0.15) is 12.4 Å². The fourth-order valence-electron chi connectivity index (χ4n) is 2.15. The van der Waals surface area contributed by atoms with Crippen molar-refractivity contribution >= 4 is 48.5 Å². The largest absolute Gasteiger partial charge is 0.487 e. The van der Waals surface area contributed by atoms with Crippen molar-refractivity contribution in [3.8, 4) is 5.75 Å². The first kappa shape index (κ1) is 14.4. The second kappa shape index (κ2) is 6.03. The molecule has 0 saturated heterocycles. The van der Waals surface area contributed by atoms with E-state index in [1.165, 1.54) is 0 Å². The van der Waals surface area contributed by atoms with Crippen LogP contribution < -0.4 is 10.5 Å². The molecule has 0 unspecified atom stereocenters. The van der Waals surface area contributed by atoms with Crippen LogP contribution in [0, 0.1) is 0 Å². The normalized spacial score (nSPS) is 10.8. The summed E-state index contributed by atoms with van der Waals surface area (Å²) in [5, 5.41) is 1.10. The number of hydrogen-bond acceptors (Lipinski definition) is 3. The molecule has 2 aromatic carbocycles. The number of rotatable bonds is 3. The van der Waals surface area contributed by atoms with Gasteiger partial charge in [-0.2, -0.15) is 0 Å². The van der Waals surface area contributed by atoms with Gasteiger partial charge in [-0.1, -0.05) is 18.2 Å². The van der Waals surface area contributed by atoms with Crippen molar-refractivity contribution in [2.24, 2.45) is 0 Å². The third kappa shape index (κ3) is 3.04. The minimum absolute atomic E-state index is 0.462. The highest BCUT2D eigenvalue weighted by Crippen LogP contribution is 2.36. The minimum atomic E-state index is 0.462. The van der Waals surface area contributed by atoms with E-state index in [0.29, 0.717) is 12.3 Å². The summed E-state index contributed by atoms with van der Waals surface area (Å²) in [5.41, 5.74) is 8.52. The third-order valence-electron chi connectivity index (χ3n) is 3.13. The van der Waals surface area contributed by atoms with Crippen LogP contribution in [0.3, 0.4) is 0 Å². The molecule has 3 aromatic rings. The topological polar surface area (TPSA) is 48.1 Å². The van der Waals surface area contributed by atoms with Crippen LogP contribution in [0.2, 0.25) is 0 Å². The van der Waals surface area contributed by atoms with E-state index in [0.717, 1.165) is 31.2 Å². The molecule has 0 atom stereocenters. The van der Waals surface area contributed by atoms with Crippen LogP contribution in [0.25, 0.3) is 10.9 Å². The molecule has 21 heavy (non-hydrogen) atoms. The fraction of sp³-hybridized carbons (Fsp3) is 0.0625. The number of nitrogen functional groups attached to an aromatic ring is 1. The number of anilines is 1. The number of aromatic nitrogens is 1. The Labute approximate surface area is 139 Å². The maximum atomic E-state index is 5.94. The van der Waals surface area contributed by atoms with E-state index in [1.807, 2.05) is 42.5 Å². The quantitative estimate of drug-likeness (QED) is 0.626. The van der Waals surface area contributed by atoms with Crippen molar-refractivity contribution in [2.75, 3.05) is 5.73 Å². The molecule has 2 N–H and O–H groups in total. The lowest BCUT2D eigenvalue weighted by Gasteiger charge is -2.12. The third-order valence-corrected chi connectivity index (χ3v) is 4.31. The first-order valence-corrected chi connectivity index (χ1v) is 7.93. The van der Waals surface area contributed by atoms with Crippen molar-refractivity contribution in [3.05, 3.63) is 63.2 Å². The van der Waals surface area contributed by atoms with E-state index in [2.05, 4.69) is 36.8 Å². The summed E-state index contributed by atoms with van der Waals surface area (Å²) in [7, 11) is 0. The van der Waals surface area contributed by atoms with Crippen molar-refractivity contribution in [3.63, 3.8) is 0 Å². The van der Waals surface area contributed by atoms with Gasteiger partial charge in [-0.3, -0.25) is 4.98 Å². The number of nitrogens with zero attached hydrogens (tertiary/aromatic N) is 1. The van der Waals surface area contributed by atoms with Gasteiger partial charge in [0.05, 0.1) is 14.5 Å². The van der Waals surface area contributed by atoms with Gasteiger partial charge in [0.25, 0.3) is 0 Å². The maximum Gasteiger partial charge on any atom is 0.148 e. The molecule has 5 heteroatoms. The van der Waals surface area contributed by atoms with Crippen LogP contribution in [0.5, 0.6) is 5.75 Å². The van der Waals surface area contributed by atoms with E-state index in [4.69, 9.17) is 10.5 Å². The molecular weight excluding hydrogens is 396 g/mol. The number of para-hydroxylation sites is 1. The molecule has 0 bridgehead atoms. The summed E-state index contributed by atoms with van der Waals surface area (Å²) in [6, 6.07) is 13.6. The Morgan fingerprint density at radius 3 is 2.52 bits per heavy atom. The lowest BCUT2D eigenvalue weighted by atomic mass is 10.1. The molecule has 0 aliphatic rings. The SMILES string of the molecule is Nc1cc(Br)c(OCc2ccnc3ccccc23)c(Br)c1. The number of hydrogen-bond donors (Lipinski definition) is 1. The molecule has 0 radical (unpaired) electrons. The van der Waals surface area contributed by atoms with Crippen molar-refractivity contribution < 1.29 is 4.74 Å². The van der Waals surface area contributed by atoms with E-state index in [1.54, 1.807) is 6.20 Å². The Bertz CT molecular complexity index is 777. The standard InChI is InChI=1S/C16H12Br2N2O/c17-13-7-11(19)8-14(18)16(13)21-9-10-5-6-20-15-4-2-1-3-12(10)15/h1-8H,9,19H2. The minimum Gasteiger partial charge on any atom is -0.487 e. The predicted molar refractivity (Wildman–Crippen MR) is 92.3 cm³/mol. The molecule has 106 valence electrons. The molecular formula is C16H12Br2N2O. The zero-order valence-electron chi connectivity index (χ0n) is 11.0. The second-order valence-electron chi connectivity index (χ2n) is 4.59. The van der Waals surface area contributed by atoms with Gasteiger partial charge in [-0.25, -0.2) is 0 Å². The van der Waals surface area contributed by atoms with Gasteiger partial charge in [-0.15, -0.1) is 0 Å². The average Bonchev–Trinajstić information content (AvgIpc) is 2.46. The summed E-state index contributed by atoms with van der Waals surface area (Å²) in [5.74, 6) is 0.741. The maximum absolute atomic E-state index is 5.94. The van der Waals surface area contributed by atoms with Gasteiger partial charge in [0.2, 0.25) is 0 Å². The van der Waals surface area contributed by atoms with Gasteiger partial charge in [0.15, 0.2) is 0 Å². The van der Waals surface area contributed by atoms with E-state index in [-0.39, 0.29) is 0 Å². The van der Waals surface area contributed by atoms with Crippen LogP contribution in [0.1, 0.15) is 5.56 Å². The van der Waals surface area contributed by atoms with Crippen LogP contribution in [-0.2, 0) is 6.61 Å². The molecule has 1 aromatic heterocycles. The highest BCUT2D eigenvalue weighted by atomic mass is 79.9. The Hall–Kier alpha value is -1.59. The average molecular weight is 408 g/mol. The van der Waals surface area contributed by atoms with Crippen molar-refractivity contribution in [1.29, 1.82) is 0 Å². The molecule has 0 amide bonds. The molecule has 3 nitrogen and oxygen atoms in total. The number of halogens is 2. The second-order valence-corrected chi connectivity index (χ2v) is 6.30. The zero-order chi connectivity index (χ0) is 14.8. The monoisotopic (exact) mass is 406 g/mol. The molecule has 3 rings (SSSR count). The Morgan fingerprint density at radius 1 is 1.05 bits per heavy atom. The number of nitrogens with two attached hydrogens (primary N) is 1. The molecule has 0 fully saturated rings. The lowest BCUT2D eigenvalue weighted by Crippen LogP contribution is -1.99. The van der Waals surface area contributed by atoms with Crippen LogP contribution in [-0.4, -0.2) is 4.98 Å². The summed E-state index contributed by atoms with van der Waals surface area (Å²) in [6.45, 7) is 0.462. The van der Waals surface area contributed by atoms with Crippen molar-refractivity contribution in [2.45, 2.75) is 6.61 Å². The first-order chi connectivity index (χ1) is 10.1. The fourth-order valence-corrected chi connectivity index (χ4v) is 3.60. The Morgan fingerprint density at radius 2 is 1.76 bits per heavy atom. The van der Waals surface area contributed by atoms with E-state index < -0.39 is 0 Å². The lowest BCUT2D eigenvalue weighted by molar-refractivity contribution is 0.303. The number of benzene rings is 2. The Kier molecular flexibility index (Phi) is 4.12. The summed E-state index contributed by atoms with van der Waals surface area (Å²) in [6.07, 6.45) is 1.80. The van der Waals surface area contributed by atoms with Gasteiger partial charge in [-0.05, 0) is 56.1 Å². The van der Waals surface area contributed by atoms with E-state index in [9.17, 15) is 0 Å². The molecule has 0 spiro atoms. The zero-order valence-corrected chi connectivity index (χ0v) is 14.2. The highest BCUT2D eigenvalue weighted by molar-refractivity contribution is 9.11. The number of pyridine rings is 1. The molecule has 0 saturated carbocycles. The predicted octanol–water partition coefficient (Wildman–Crippen LogP) is 4.92. The number of ether oxygens (including phenoxy) is 1. The molecule has 0 aliphatic carbocycles. The van der Waals surface area contributed by atoms with Gasteiger partial charge < -0.3 is 10.5 Å². The molecule has 0 aliphatic heterocycles. The van der Waals surface area contributed by atoms with Crippen LogP contribution in [0.4, 0.5) is 5.69 Å². The number of fused-ring (bicyclic) bond motifs is 1. The summed E-state index contributed by atoms with van der Waals surface area (Å²) in [4.78, 5) is 4.35. The Balaban J connectivity index is 1.91. The molecule has 1 heterocycles. The van der Waals surface area contributed by atoms with Crippen molar-refractivity contribution in [1.82, 2.24) is 4.98 Å². The van der Waals surface area contributed by atoms with Crippen LogP contribution >= 0.6 is 31.9 Å². The van der Waals surface area contributed by atoms with E-state index >= 15 is 0 Å². The van der Waals surface area contributed by atoms with Crippen LogP contribution in [0.15, 0.2) is 57.6 Å². The smallest absolute Gasteiger partial charge is 0.148 e. The van der Waals surface area contributed by atoms with Gasteiger partial charge in [0, 0.05) is 22.8 Å². The summed E-state index contributed by atoms with van der Waals surface area (Å²) < 4.78 is 7.59. The first-order valence-electron chi connectivity index (χ1n) is 6.35. The van der Waals surface area contributed by atoms with Gasteiger partial charge >= 0.3 is 0 Å².